The number of unbranched alkanes of at least 4 members (excludes halogenated alkanes) is 3. The molecule has 2 heteroatoms. The second-order valence-corrected chi connectivity index (χ2v) is 4.84. The molecule has 0 nitrogen and oxygen atoms in total. The van der Waals surface area contributed by atoms with Gasteiger partial charge in [-0.15, -0.1) is 6.58 Å². The van der Waals surface area contributed by atoms with Crippen molar-refractivity contribution in [3.05, 3.63) is 22.1 Å². The Labute approximate surface area is 79.6 Å². The van der Waals surface area contributed by atoms with Crippen LogP contribution in [-0.4, -0.2) is 0 Å². The van der Waals surface area contributed by atoms with Crippen LogP contribution in [0.3, 0.4) is 0 Å². The molecule has 0 fully saturated rings. The van der Waals surface area contributed by atoms with Gasteiger partial charge in [0.2, 0.25) is 0 Å². The molecule has 0 aromatic carbocycles. The Hall–Kier alpha value is 0.440. The van der Waals surface area contributed by atoms with Crippen LogP contribution < -0.4 is 0 Å². The van der Waals surface area contributed by atoms with Crippen LogP contribution in [0.2, 0.25) is 0 Å². The zero-order chi connectivity index (χ0) is 7.82. The molecule has 0 aliphatic rings. The van der Waals surface area contributed by atoms with Gasteiger partial charge in [0.1, 0.15) is 0 Å². The first-order valence-electron chi connectivity index (χ1n) is 3.39. The molecule has 0 aliphatic heterocycles. The molecule has 0 saturated heterocycles. The van der Waals surface area contributed by atoms with E-state index < -0.39 is 0 Å². The summed E-state index contributed by atoms with van der Waals surface area (Å²) in [5, 5.41) is 0. The lowest BCUT2D eigenvalue weighted by molar-refractivity contribution is 0.763. The van der Waals surface area contributed by atoms with Crippen molar-refractivity contribution in [2.75, 3.05) is 0 Å². The molecule has 0 aliphatic carbocycles. The fourth-order valence-corrected chi connectivity index (χ4v) is 1.10. The summed E-state index contributed by atoms with van der Waals surface area (Å²) in [4.78, 5) is 0. The van der Waals surface area contributed by atoms with Crippen molar-refractivity contribution in [2.45, 2.75) is 25.7 Å². The van der Waals surface area contributed by atoms with E-state index in [4.69, 9.17) is 0 Å². The first kappa shape index (κ1) is 10.4. The highest BCUT2D eigenvalue weighted by Gasteiger charge is 1.84. The van der Waals surface area contributed by atoms with E-state index >= 15 is 0 Å². The molecular formula is C8H12Br2. The summed E-state index contributed by atoms with van der Waals surface area (Å²) in [6.45, 7) is 3.66. The first-order chi connectivity index (χ1) is 4.77. The molecular weight excluding hydrogens is 256 g/mol. The summed E-state index contributed by atoms with van der Waals surface area (Å²) in [7, 11) is 0. The first-order valence-corrected chi connectivity index (χ1v) is 4.98. The second kappa shape index (κ2) is 7.55. The number of hydrogen-bond acceptors (Lipinski definition) is 0. The van der Waals surface area contributed by atoms with Gasteiger partial charge in [-0.2, -0.15) is 0 Å². The Bertz CT molecular complexity index is 112. The average Bonchev–Trinajstić information content (AvgIpc) is 1.87. The van der Waals surface area contributed by atoms with E-state index in [9.17, 15) is 0 Å². The Morgan fingerprint density at radius 2 is 1.80 bits per heavy atom. The third kappa shape index (κ3) is 8.44. The normalized spacial score (nSPS) is 9.00. The number of rotatable bonds is 5. The minimum Gasteiger partial charge on any atom is -0.103 e. The Kier molecular flexibility index (Phi) is 7.88. The Morgan fingerprint density at radius 3 is 2.30 bits per heavy atom. The molecule has 0 atom stereocenters. The van der Waals surface area contributed by atoms with Crippen molar-refractivity contribution in [2.24, 2.45) is 0 Å². The molecule has 0 saturated carbocycles. The van der Waals surface area contributed by atoms with Gasteiger partial charge >= 0.3 is 0 Å². The molecule has 0 radical (unpaired) electrons. The highest BCUT2D eigenvalue weighted by Crippen LogP contribution is 2.14. The third-order valence-electron chi connectivity index (χ3n) is 1.16. The fraction of sp³-hybridized carbons (Fsp3) is 0.500. The predicted octanol–water partition coefficient (Wildman–Crippen LogP) is 4.36. The van der Waals surface area contributed by atoms with E-state index in [0.717, 1.165) is 16.2 Å². The van der Waals surface area contributed by atoms with Crippen LogP contribution in [0.5, 0.6) is 0 Å². The van der Waals surface area contributed by atoms with Crippen LogP contribution in [0.1, 0.15) is 25.7 Å². The molecule has 0 spiro atoms. The monoisotopic (exact) mass is 266 g/mol. The summed E-state index contributed by atoms with van der Waals surface area (Å²) in [5.74, 6) is 0. The van der Waals surface area contributed by atoms with Crippen LogP contribution in [0.25, 0.3) is 0 Å². The predicted molar refractivity (Wildman–Crippen MR) is 54.6 cm³/mol. The lowest BCUT2D eigenvalue weighted by Crippen LogP contribution is -1.71. The maximum absolute atomic E-state index is 3.66. The van der Waals surface area contributed by atoms with Gasteiger partial charge in [-0.3, -0.25) is 0 Å². The van der Waals surface area contributed by atoms with Crippen molar-refractivity contribution < 1.29 is 0 Å². The molecule has 0 aromatic heterocycles. The second-order valence-electron chi connectivity index (χ2n) is 2.07. The van der Waals surface area contributed by atoms with Crippen molar-refractivity contribution in [3.63, 3.8) is 0 Å². The molecule has 58 valence electrons. The summed E-state index contributed by atoms with van der Waals surface area (Å²) >= 11 is 6.60. The van der Waals surface area contributed by atoms with Gasteiger partial charge in [-0.05, 0) is 57.5 Å². The van der Waals surface area contributed by atoms with Crippen LogP contribution in [0.15, 0.2) is 22.1 Å². The number of allylic oxidation sites excluding steroid dienone is 2. The summed E-state index contributed by atoms with van der Waals surface area (Å²) in [6.07, 6.45) is 8.85. The molecule has 0 aromatic rings. The van der Waals surface area contributed by atoms with Gasteiger partial charge in [-0.25, -0.2) is 0 Å². The molecule has 0 unspecified atom stereocenters. The quantitative estimate of drug-likeness (QED) is 0.513. The van der Waals surface area contributed by atoms with Gasteiger partial charge in [-0.1, -0.05) is 12.2 Å². The minimum absolute atomic E-state index is 1.05. The maximum Gasteiger partial charge on any atom is 0.0564 e. The standard InChI is InChI=1S/C8H12Br2/c1-2-3-4-5-6-7-8(9)10/h2,7H,1,3-6H2. The van der Waals surface area contributed by atoms with Crippen molar-refractivity contribution >= 4 is 31.9 Å². The highest BCUT2D eigenvalue weighted by atomic mass is 79.9. The van der Waals surface area contributed by atoms with Gasteiger partial charge in [0, 0.05) is 0 Å². The molecule has 10 heavy (non-hydrogen) atoms. The summed E-state index contributed by atoms with van der Waals surface area (Å²) < 4.78 is 1.05. The van der Waals surface area contributed by atoms with E-state index in [0.29, 0.717) is 0 Å². The van der Waals surface area contributed by atoms with E-state index in [1.807, 2.05) is 6.08 Å². The van der Waals surface area contributed by atoms with Crippen molar-refractivity contribution in [1.29, 1.82) is 0 Å². The van der Waals surface area contributed by atoms with Gasteiger partial charge in [0.15, 0.2) is 0 Å². The largest absolute Gasteiger partial charge is 0.103 e. The molecule has 0 amide bonds. The van der Waals surface area contributed by atoms with Gasteiger partial charge in [0.05, 0.1) is 3.39 Å². The SMILES string of the molecule is C=CCCCCC=C(Br)Br. The van der Waals surface area contributed by atoms with Gasteiger partial charge in [0.25, 0.3) is 0 Å². The zero-order valence-corrected chi connectivity index (χ0v) is 9.12. The molecule has 0 bridgehead atoms. The lowest BCUT2D eigenvalue weighted by atomic mass is 10.2. The zero-order valence-electron chi connectivity index (χ0n) is 5.95. The third-order valence-corrected chi connectivity index (χ3v) is 1.81. The van der Waals surface area contributed by atoms with E-state index in [-0.39, 0.29) is 0 Å². The van der Waals surface area contributed by atoms with Crippen molar-refractivity contribution in [1.82, 2.24) is 0 Å². The van der Waals surface area contributed by atoms with Crippen LogP contribution in [0, 0.1) is 0 Å². The molecule has 0 N–H and O–H groups in total. The van der Waals surface area contributed by atoms with E-state index in [1.165, 1.54) is 12.8 Å². The topological polar surface area (TPSA) is 0 Å². The number of hydrogen-bond donors (Lipinski definition) is 0. The van der Waals surface area contributed by atoms with Gasteiger partial charge < -0.3 is 0 Å². The minimum atomic E-state index is 1.05. The molecule has 0 rings (SSSR count). The summed E-state index contributed by atoms with van der Waals surface area (Å²) in [5.41, 5.74) is 0. The lowest BCUT2D eigenvalue weighted by Gasteiger charge is -1.91. The Balaban J connectivity index is 3.05. The Morgan fingerprint density at radius 1 is 1.20 bits per heavy atom. The van der Waals surface area contributed by atoms with Crippen LogP contribution in [0.4, 0.5) is 0 Å². The summed E-state index contributed by atoms with van der Waals surface area (Å²) in [6, 6.07) is 0. The maximum atomic E-state index is 3.66. The smallest absolute Gasteiger partial charge is 0.0564 e. The van der Waals surface area contributed by atoms with Crippen molar-refractivity contribution in [3.8, 4) is 0 Å². The van der Waals surface area contributed by atoms with Crippen LogP contribution in [-0.2, 0) is 0 Å². The van der Waals surface area contributed by atoms with E-state index in [2.05, 4.69) is 44.5 Å². The van der Waals surface area contributed by atoms with Crippen LogP contribution >= 0.6 is 31.9 Å². The molecule has 0 heterocycles. The highest BCUT2D eigenvalue weighted by molar-refractivity contribution is 9.28. The average molecular weight is 268 g/mol. The fourth-order valence-electron chi connectivity index (χ4n) is 0.644. The number of halogens is 2. The van der Waals surface area contributed by atoms with E-state index in [1.54, 1.807) is 0 Å².